The summed E-state index contributed by atoms with van der Waals surface area (Å²) in [6.07, 6.45) is 0. The number of carbonyl (C=O) groups excluding carboxylic acids is 1. The second kappa shape index (κ2) is 6.66. The summed E-state index contributed by atoms with van der Waals surface area (Å²) in [6.45, 7) is 2.66. The molecule has 6 nitrogen and oxygen atoms in total. The molecular weight excluding hydrogens is 301 g/mol. The maximum Gasteiger partial charge on any atom is 0.325 e. The lowest BCUT2D eigenvalue weighted by Crippen LogP contribution is -2.42. The van der Waals surface area contributed by atoms with Gasteiger partial charge in [-0.05, 0) is 31.2 Å². The number of halogens is 1. The average molecular weight is 317 g/mol. The van der Waals surface area contributed by atoms with Crippen molar-refractivity contribution in [2.24, 2.45) is 5.92 Å². The molecule has 0 spiro atoms. The van der Waals surface area contributed by atoms with E-state index in [2.05, 4.69) is 5.32 Å². The minimum atomic E-state index is -3.75. The Balaban J connectivity index is 2.77. The maximum atomic E-state index is 12.8. The highest BCUT2D eigenvalue weighted by molar-refractivity contribution is 7.91. The number of carboxylic acids is 1. The van der Waals surface area contributed by atoms with Crippen molar-refractivity contribution < 1.29 is 27.5 Å². The third-order valence-electron chi connectivity index (χ3n) is 2.82. The van der Waals surface area contributed by atoms with Gasteiger partial charge in [-0.3, -0.25) is 9.59 Å². The van der Waals surface area contributed by atoms with Crippen LogP contribution in [0.2, 0.25) is 0 Å². The first kappa shape index (κ1) is 17.1. The van der Waals surface area contributed by atoms with Crippen LogP contribution < -0.4 is 5.32 Å². The molecule has 1 unspecified atom stereocenters. The Bertz CT molecular complexity index is 626. The SMILES string of the molecule is CC(CS(=O)(=O)c1ccc(F)cc1)C(=O)N[C@H](C)C(=O)O. The highest BCUT2D eigenvalue weighted by Crippen LogP contribution is 2.15. The van der Waals surface area contributed by atoms with E-state index in [0.29, 0.717) is 0 Å². The summed E-state index contributed by atoms with van der Waals surface area (Å²) in [7, 11) is -3.75. The maximum absolute atomic E-state index is 12.8. The van der Waals surface area contributed by atoms with Gasteiger partial charge in [0.15, 0.2) is 9.84 Å². The van der Waals surface area contributed by atoms with Gasteiger partial charge in [0.05, 0.1) is 10.6 Å². The van der Waals surface area contributed by atoms with Crippen molar-refractivity contribution in [2.45, 2.75) is 24.8 Å². The average Bonchev–Trinajstić information content (AvgIpc) is 2.38. The van der Waals surface area contributed by atoms with Crippen LogP contribution in [0.15, 0.2) is 29.2 Å². The zero-order valence-electron chi connectivity index (χ0n) is 11.5. The van der Waals surface area contributed by atoms with Crippen LogP contribution in [0.25, 0.3) is 0 Å². The van der Waals surface area contributed by atoms with Crippen LogP contribution in [0.4, 0.5) is 4.39 Å². The fourth-order valence-corrected chi connectivity index (χ4v) is 3.11. The number of sulfone groups is 1. The molecule has 0 radical (unpaired) electrons. The molecular formula is C13H16FNO5S. The summed E-state index contributed by atoms with van der Waals surface area (Å²) in [6, 6.07) is 3.17. The minimum Gasteiger partial charge on any atom is -0.480 e. The number of hydrogen-bond donors (Lipinski definition) is 2. The normalized spacial score (nSPS) is 14.2. The van der Waals surface area contributed by atoms with E-state index in [4.69, 9.17) is 5.11 Å². The number of nitrogens with one attached hydrogen (secondary N) is 1. The first-order chi connectivity index (χ1) is 9.63. The third kappa shape index (κ3) is 4.82. The molecule has 0 aromatic heterocycles. The van der Waals surface area contributed by atoms with Crippen molar-refractivity contribution >= 4 is 21.7 Å². The Kier molecular flexibility index (Phi) is 5.42. The van der Waals surface area contributed by atoms with Crippen LogP contribution in [-0.2, 0) is 19.4 Å². The van der Waals surface area contributed by atoms with Gasteiger partial charge in [-0.15, -0.1) is 0 Å². The molecule has 0 bridgehead atoms. The molecule has 0 aliphatic heterocycles. The molecule has 8 heteroatoms. The Hall–Kier alpha value is -1.96. The van der Waals surface area contributed by atoms with Crippen molar-refractivity contribution in [3.8, 4) is 0 Å². The number of amides is 1. The van der Waals surface area contributed by atoms with E-state index in [1.165, 1.54) is 13.8 Å². The van der Waals surface area contributed by atoms with Crippen molar-refractivity contribution in [1.29, 1.82) is 0 Å². The summed E-state index contributed by atoms with van der Waals surface area (Å²) < 4.78 is 36.9. The van der Waals surface area contributed by atoms with Crippen molar-refractivity contribution in [1.82, 2.24) is 5.32 Å². The van der Waals surface area contributed by atoms with Gasteiger partial charge in [0.2, 0.25) is 5.91 Å². The molecule has 1 aromatic rings. The largest absolute Gasteiger partial charge is 0.480 e. The second-order valence-corrected chi connectivity index (χ2v) is 6.74. The van der Waals surface area contributed by atoms with Gasteiger partial charge in [-0.25, -0.2) is 12.8 Å². The summed E-state index contributed by atoms with van der Waals surface area (Å²) in [4.78, 5) is 22.3. The van der Waals surface area contributed by atoms with Gasteiger partial charge < -0.3 is 10.4 Å². The van der Waals surface area contributed by atoms with Gasteiger partial charge in [-0.1, -0.05) is 6.92 Å². The predicted molar refractivity (Wildman–Crippen MR) is 72.9 cm³/mol. The van der Waals surface area contributed by atoms with Gasteiger partial charge in [0, 0.05) is 5.92 Å². The van der Waals surface area contributed by atoms with E-state index in [0.717, 1.165) is 24.3 Å². The number of aliphatic carboxylic acids is 1. The quantitative estimate of drug-likeness (QED) is 0.757. The number of hydrogen-bond acceptors (Lipinski definition) is 4. The molecule has 1 aromatic carbocycles. The summed E-state index contributed by atoms with van der Waals surface area (Å²) >= 11 is 0. The minimum absolute atomic E-state index is 0.0881. The zero-order chi connectivity index (χ0) is 16.2. The smallest absolute Gasteiger partial charge is 0.325 e. The topological polar surface area (TPSA) is 101 Å². The highest BCUT2D eigenvalue weighted by atomic mass is 32.2. The van der Waals surface area contributed by atoms with Crippen molar-refractivity contribution in [2.75, 3.05) is 5.75 Å². The number of carboxylic acid groups (broad SMARTS) is 1. The van der Waals surface area contributed by atoms with Gasteiger partial charge in [0.1, 0.15) is 11.9 Å². The number of rotatable bonds is 6. The third-order valence-corrected chi connectivity index (χ3v) is 4.75. The standard InChI is InChI=1S/C13H16FNO5S/c1-8(12(16)15-9(2)13(17)18)7-21(19,20)11-5-3-10(14)4-6-11/h3-6,8-9H,7H2,1-2H3,(H,15,16)(H,17,18)/t8?,9-/m1/s1. The number of benzene rings is 1. The van der Waals surface area contributed by atoms with E-state index in [1.54, 1.807) is 0 Å². The summed E-state index contributed by atoms with van der Waals surface area (Å²) in [5, 5.41) is 10.9. The van der Waals surface area contributed by atoms with E-state index in [9.17, 15) is 22.4 Å². The van der Waals surface area contributed by atoms with Crippen LogP contribution in [-0.4, -0.2) is 37.2 Å². The molecule has 116 valence electrons. The molecule has 21 heavy (non-hydrogen) atoms. The lowest BCUT2D eigenvalue weighted by Gasteiger charge is -2.15. The van der Waals surface area contributed by atoms with Crippen LogP contribution in [0, 0.1) is 11.7 Å². The summed E-state index contributed by atoms with van der Waals surface area (Å²) in [5.74, 6) is -3.86. The monoisotopic (exact) mass is 317 g/mol. The molecule has 0 aliphatic rings. The molecule has 2 N–H and O–H groups in total. The predicted octanol–water partition coefficient (Wildman–Crippen LogP) is 0.825. The summed E-state index contributed by atoms with van der Waals surface area (Å²) in [5.41, 5.74) is 0. The van der Waals surface area contributed by atoms with Gasteiger partial charge in [0.25, 0.3) is 0 Å². The first-order valence-electron chi connectivity index (χ1n) is 6.15. The molecule has 0 saturated carbocycles. The number of carbonyl (C=O) groups is 2. The van der Waals surface area contributed by atoms with E-state index in [-0.39, 0.29) is 4.90 Å². The van der Waals surface area contributed by atoms with E-state index < -0.39 is 45.2 Å². The molecule has 1 amide bonds. The molecule has 0 aliphatic carbocycles. The Morgan fingerprint density at radius 3 is 2.24 bits per heavy atom. The Morgan fingerprint density at radius 2 is 1.76 bits per heavy atom. The molecule has 0 heterocycles. The molecule has 2 atom stereocenters. The fraction of sp³-hybridized carbons (Fsp3) is 0.385. The van der Waals surface area contributed by atoms with E-state index in [1.807, 2.05) is 0 Å². The Morgan fingerprint density at radius 1 is 1.24 bits per heavy atom. The molecule has 0 fully saturated rings. The molecule has 0 saturated heterocycles. The lowest BCUT2D eigenvalue weighted by atomic mass is 10.2. The van der Waals surface area contributed by atoms with Gasteiger partial charge in [-0.2, -0.15) is 0 Å². The highest BCUT2D eigenvalue weighted by Gasteiger charge is 2.25. The van der Waals surface area contributed by atoms with Crippen molar-refractivity contribution in [3.63, 3.8) is 0 Å². The van der Waals surface area contributed by atoms with E-state index >= 15 is 0 Å². The Labute approximate surface area is 121 Å². The van der Waals surface area contributed by atoms with Crippen molar-refractivity contribution in [3.05, 3.63) is 30.1 Å². The van der Waals surface area contributed by atoms with Crippen LogP contribution in [0.3, 0.4) is 0 Å². The first-order valence-corrected chi connectivity index (χ1v) is 7.80. The van der Waals surface area contributed by atoms with Gasteiger partial charge >= 0.3 is 5.97 Å². The van der Waals surface area contributed by atoms with Crippen LogP contribution >= 0.6 is 0 Å². The zero-order valence-corrected chi connectivity index (χ0v) is 12.4. The second-order valence-electron chi connectivity index (χ2n) is 4.70. The molecule has 1 rings (SSSR count). The lowest BCUT2D eigenvalue weighted by molar-refractivity contribution is -0.141. The fourth-order valence-electron chi connectivity index (χ4n) is 1.56. The van der Waals surface area contributed by atoms with Crippen LogP contribution in [0.1, 0.15) is 13.8 Å². The van der Waals surface area contributed by atoms with Crippen LogP contribution in [0.5, 0.6) is 0 Å².